The van der Waals surface area contributed by atoms with E-state index in [-0.39, 0.29) is 30.4 Å². The van der Waals surface area contributed by atoms with Crippen LogP contribution < -0.4 is 5.32 Å². The van der Waals surface area contributed by atoms with Crippen molar-refractivity contribution < 1.29 is 18.8 Å². The maximum atomic E-state index is 13.2. The Bertz CT molecular complexity index is 719. The van der Waals surface area contributed by atoms with Gasteiger partial charge in [0.05, 0.1) is 17.4 Å². The third kappa shape index (κ3) is 4.85. The van der Waals surface area contributed by atoms with Gasteiger partial charge < -0.3 is 10.1 Å². The van der Waals surface area contributed by atoms with Gasteiger partial charge in [-0.3, -0.25) is 14.9 Å². The summed E-state index contributed by atoms with van der Waals surface area (Å²) >= 11 is 0. The van der Waals surface area contributed by atoms with Gasteiger partial charge in [-0.05, 0) is 23.3 Å². The number of benzene rings is 2. The van der Waals surface area contributed by atoms with Gasteiger partial charge in [0, 0.05) is 25.8 Å². The number of rotatable bonds is 7. The molecule has 0 fully saturated rings. The lowest BCUT2D eigenvalue weighted by Gasteiger charge is -2.16. The van der Waals surface area contributed by atoms with Crippen molar-refractivity contribution >= 4 is 11.6 Å². The molecule has 0 saturated carbocycles. The minimum absolute atomic E-state index is 0.0234. The molecule has 0 aliphatic rings. The largest absolute Gasteiger partial charge is 0.375 e. The number of nitrogens with one attached hydrogen (secondary N) is 1. The van der Waals surface area contributed by atoms with Gasteiger partial charge in [0.15, 0.2) is 0 Å². The molecule has 2 aromatic rings. The number of ether oxygens (including phenoxy) is 1. The van der Waals surface area contributed by atoms with Crippen LogP contribution in [-0.2, 0) is 16.0 Å². The first-order valence-electron chi connectivity index (χ1n) is 7.28. The summed E-state index contributed by atoms with van der Waals surface area (Å²) in [6.45, 7) is 0.200. The second-order valence-corrected chi connectivity index (χ2v) is 5.18. The summed E-state index contributed by atoms with van der Waals surface area (Å²) in [5, 5.41) is 13.3. The van der Waals surface area contributed by atoms with E-state index < -0.39 is 11.0 Å². The molecule has 0 radical (unpaired) electrons. The van der Waals surface area contributed by atoms with Crippen LogP contribution in [0.15, 0.2) is 48.5 Å². The number of nitrogens with zero attached hydrogens (tertiary/aromatic N) is 1. The number of halogens is 1. The number of hydrogen-bond acceptors (Lipinski definition) is 4. The molecule has 0 aliphatic carbocycles. The number of nitro benzene ring substituents is 1. The number of methoxy groups -OCH3 is 1. The number of nitro groups is 1. The van der Waals surface area contributed by atoms with Crippen LogP contribution in [0.3, 0.4) is 0 Å². The van der Waals surface area contributed by atoms with E-state index in [9.17, 15) is 19.3 Å². The zero-order valence-electron chi connectivity index (χ0n) is 13.1. The fraction of sp³-hybridized carbons (Fsp3) is 0.235. The molecule has 1 atom stereocenters. The minimum Gasteiger partial charge on any atom is -0.375 e. The Morgan fingerprint density at radius 2 is 2.00 bits per heavy atom. The molecule has 6 nitrogen and oxygen atoms in total. The van der Waals surface area contributed by atoms with Crippen LogP contribution in [0.1, 0.15) is 17.2 Å². The molecular weight excluding hydrogens is 315 g/mol. The third-order valence-electron chi connectivity index (χ3n) is 3.50. The Labute approximate surface area is 138 Å². The summed E-state index contributed by atoms with van der Waals surface area (Å²) < 4.78 is 18.5. The van der Waals surface area contributed by atoms with E-state index in [1.807, 2.05) is 0 Å². The van der Waals surface area contributed by atoms with Crippen molar-refractivity contribution in [2.24, 2.45) is 0 Å². The molecular formula is C17H17FN2O4. The summed E-state index contributed by atoms with van der Waals surface area (Å²) in [6, 6.07) is 11.8. The first kappa shape index (κ1) is 17.6. The molecule has 1 amide bonds. The average molecular weight is 332 g/mol. The molecule has 1 N–H and O–H groups in total. The van der Waals surface area contributed by atoms with Crippen LogP contribution in [-0.4, -0.2) is 24.5 Å². The highest BCUT2D eigenvalue weighted by Crippen LogP contribution is 2.17. The van der Waals surface area contributed by atoms with Crippen LogP contribution in [0.5, 0.6) is 0 Å². The van der Waals surface area contributed by atoms with Crippen molar-refractivity contribution in [1.82, 2.24) is 5.32 Å². The SMILES string of the molecule is COC(CNC(=O)Cc1ccc([N+](=O)[O-])cc1)c1cccc(F)c1. The van der Waals surface area contributed by atoms with Crippen molar-refractivity contribution in [2.45, 2.75) is 12.5 Å². The number of hydrogen-bond donors (Lipinski definition) is 1. The van der Waals surface area contributed by atoms with Crippen LogP contribution >= 0.6 is 0 Å². The molecule has 7 heteroatoms. The van der Waals surface area contributed by atoms with Crippen molar-refractivity contribution in [3.05, 3.63) is 75.6 Å². The zero-order chi connectivity index (χ0) is 17.5. The van der Waals surface area contributed by atoms with E-state index in [1.54, 1.807) is 12.1 Å². The smallest absolute Gasteiger partial charge is 0.269 e. The lowest BCUT2D eigenvalue weighted by Crippen LogP contribution is -2.30. The number of non-ortho nitro benzene ring substituents is 1. The second kappa shape index (κ2) is 8.16. The van der Waals surface area contributed by atoms with Gasteiger partial charge >= 0.3 is 0 Å². The van der Waals surface area contributed by atoms with E-state index in [4.69, 9.17) is 4.74 Å². The van der Waals surface area contributed by atoms with Gasteiger partial charge in [0.1, 0.15) is 5.82 Å². The van der Waals surface area contributed by atoms with Crippen LogP contribution in [0.25, 0.3) is 0 Å². The number of carbonyl (C=O) groups excluding carboxylic acids is 1. The van der Waals surface area contributed by atoms with Gasteiger partial charge in [-0.2, -0.15) is 0 Å². The fourth-order valence-corrected chi connectivity index (χ4v) is 2.23. The average Bonchev–Trinajstić information content (AvgIpc) is 2.56. The zero-order valence-corrected chi connectivity index (χ0v) is 13.1. The minimum atomic E-state index is -0.494. The predicted octanol–water partition coefficient (Wildman–Crippen LogP) is 2.78. The van der Waals surface area contributed by atoms with E-state index in [2.05, 4.69) is 5.32 Å². The fourth-order valence-electron chi connectivity index (χ4n) is 2.23. The summed E-state index contributed by atoms with van der Waals surface area (Å²) in [4.78, 5) is 22.1. The van der Waals surface area contributed by atoms with Crippen molar-refractivity contribution in [3.63, 3.8) is 0 Å². The normalized spacial score (nSPS) is 11.8. The summed E-state index contributed by atoms with van der Waals surface area (Å²) in [5.41, 5.74) is 1.27. The van der Waals surface area contributed by atoms with E-state index in [0.717, 1.165) is 0 Å². The summed E-state index contributed by atoms with van der Waals surface area (Å²) in [6.07, 6.45) is -0.362. The van der Waals surface area contributed by atoms with Crippen molar-refractivity contribution in [1.29, 1.82) is 0 Å². The molecule has 2 rings (SSSR count). The maximum Gasteiger partial charge on any atom is 0.269 e. The molecule has 0 aromatic heterocycles. The highest BCUT2D eigenvalue weighted by atomic mass is 19.1. The topological polar surface area (TPSA) is 81.5 Å². The highest BCUT2D eigenvalue weighted by Gasteiger charge is 2.13. The summed E-state index contributed by atoms with van der Waals surface area (Å²) in [5.74, 6) is -0.617. The highest BCUT2D eigenvalue weighted by molar-refractivity contribution is 5.78. The van der Waals surface area contributed by atoms with E-state index in [0.29, 0.717) is 11.1 Å². The van der Waals surface area contributed by atoms with Crippen LogP contribution in [0.4, 0.5) is 10.1 Å². The van der Waals surface area contributed by atoms with Gasteiger partial charge in [-0.25, -0.2) is 4.39 Å². The first-order valence-corrected chi connectivity index (χ1v) is 7.28. The molecule has 0 spiro atoms. The Morgan fingerprint density at radius 3 is 2.58 bits per heavy atom. The second-order valence-electron chi connectivity index (χ2n) is 5.18. The molecule has 0 saturated heterocycles. The first-order chi connectivity index (χ1) is 11.5. The van der Waals surface area contributed by atoms with Crippen LogP contribution in [0.2, 0.25) is 0 Å². The molecule has 1 unspecified atom stereocenters. The Kier molecular flexibility index (Phi) is 5.97. The standard InChI is InChI=1S/C17H17FN2O4/c1-24-16(13-3-2-4-14(18)10-13)11-19-17(21)9-12-5-7-15(8-6-12)20(22)23/h2-8,10,16H,9,11H2,1H3,(H,19,21). The predicted molar refractivity (Wildman–Crippen MR) is 86.0 cm³/mol. The molecule has 0 heterocycles. The van der Waals surface area contributed by atoms with E-state index >= 15 is 0 Å². The molecule has 0 bridgehead atoms. The van der Waals surface area contributed by atoms with Crippen molar-refractivity contribution in [2.75, 3.05) is 13.7 Å². The Balaban J connectivity index is 1.90. The van der Waals surface area contributed by atoms with Crippen molar-refractivity contribution in [3.8, 4) is 0 Å². The molecule has 0 aliphatic heterocycles. The maximum absolute atomic E-state index is 13.2. The van der Waals surface area contributed by atoms with Gasteiger partial charge in [0.2, 0.25) is 5.91 Å². The Morgan fingerprint density at radius 1 is 1.29 bits per heavy atom. The molecule has 126 valence electrons. The summed E-state index contributed by atoms with van der Waals surface area (Å²) in [7, 11) is 1.48. The van der Waals surface area contributed by atoms with E-state index in [1.165, 1.54) is 43.5 Å². The van der Waals surface area contributed by atoms with Crippen LogP contribution in [0, 0.1) is 15.9 Å². The monoisotopic (exact) mass is 332 g/mol. The number of amides is 1. The third-order valence-corrected chi connectivity index (χ3v) is 3.50. The lowest BCUT2D eigenvalue weighted by molar-refractivity contribution is -0.384. The lowest BCUT2D eigenvalue weighted by atomic mass is 10.1. The molecule has 2 aromatic carbocycles. The molecule has 24 heavy (non-hydrogen) atoms. The number of carbonyl (C=O) groups is 1. The van der Waals surface area contributed by atoms with Gasteiger partial charge in [-0.1, -0.05) is 24.3 Å². The van der Waals surface area contributed by atoms with Gasteiger partial charge in [0.25, 0.3) is 5.69 Å². The Hall–Kier alpha value is -2.80. The van der Waals surface area contributed by atoms with Gasteiger partial charge in [-0.15, -0.1) is 0 Å². The quantitative estimate of drug-likeness (QED) is 0.624.